The zero-order chi connectivity index (χ0) is 30.6. The van der Waals surface area contributed by atoms with Crippen LogP contribution in [0.4, 0.5) is 21.9 Å². The van der Waals surface area contributed by atoms with E-state index < -0.39 is 5.97 Å². The van der Waals surface area contributed by atoms with Crippen LogP contribution in [0.25, 0.3) is 0 Å². The van der Waals surface area contributed by atoms with Crippen LogP contribution in [0.1, 0.15) is 22.8 Å². The third-order valence-electron chi connectivity index (χ3n) is 6.59. The Morgan fingerprint density at radius 3 is 2.19 bits per heavy atom. The van der Waals surface area contributed by atoms with Crippen molar-refractivity contribution in [2.45, 2.75) is 13.8 Å². The Balaban J connectivity index is 1.80. The number of ether oxygens (including phenoxy) is 3. The highest BCUT2D eigenvalue weighted by molar-refractivity contribution is 6.03. The zero-order valence-electron chi connectivity index (χ0n) is 24.9. The first-order valence-electron chi connectivity index (χ1n) is 13.3. The van der Waals surface area contributed by atoms with Gasteiger partial charge in [-0.05, 0) is 55.0 Å². The zero-order valence-corrected chi connectivity index (χ0v) is 24.9. The number of hydrogen-bond donors (Lipinski definition) is 1. The molecule has 11 nitrogen and oxygen atoms in total. The number of likely N-dealkylation sites (N-methyl/N-ethyl adjacent to an activating group) is 1. The maximum absolute atomic E-state index is 13.5. The molecule has 11 heteroatoms. The molecule has 0 bridgehead atoms. The molecule has 3 aromatic carbocycles. The van der Waals surface area contributed by atoms with Crippen LogP contribution < -0.4 is 24.6 Å². The predicted molar refractivity (Wildman–Crippen MR) is 161 cm³/mol. The maximum atomic E-state index is 13.5. The Morgan fingerprint density at radius 2 is 1.57 bits per heavy atom. The summed E-state index contributed by atoms with van der Waals surface area (Å²) in [6, 6.07) is 19.0. The lowest BCUT2D eigenvalue weighted by Gasteiger charge is -2.28. The summed E-state index contributed by atoms with van der Waals surface area (Å²) in [5, 5.41) is 4.60. The molecule has 3 aromatic rings. The van der Waals surface area contributed by atoms with E-state index in [1.807, 2.05) is 31.2 Å². The molecule has 0 saturated heterocycles. The number of anilines is 3. The van der Waals surface area contributed by atoms with Crippen molar-refractivity contribution in [1.29, 1.82) is 0 Å². The second-order valence-corrected chi connectivity index (χ2v) is 9.32. The lowest BCUT2D eigenvalue weighted by Crippen LogP contribution is -2.40. The van der Waals surface area contributed by atoms with E-state index in [0.717, 1.165) is 5.56 Å². The summed E-state index contributed by atoms with van der Waals surface area (Å²) < 4.78 is 16.2. The number of nitrogens with one attached hydrogen (secondary N) is 1. The quantitative estimate of drug-likeness (QED) is 0.229. The van der Waals surface area contributed by atoms with E-state index in [9.17, 15) is 14.4 Å². The van der Waals surface area contributed by atoms with Crippen LogP contribution in [0.15, 0.2) is 66.7 Å². The molecule has 3 amide bonds. The first-order valence-corrected chi connectivity index (χ1v) is 13.3. The fraction of sp³-hybridized carbons (Fsp3) is 0.323. The van der Waals surface area contributed by atoms with Crippen LogP contribution >= 0.6 is 0 Å². The molecule has 0 spiro atoms. The number of methoxy groups -OCH3 is 2. The van der Waals surface area contributed by atoms with E-state index in [4.69, 9.17) is 19.0 Å². The summed E-state index contributed by atoms with van der Waals surface area (Å²) in [5.41, 5.74) is 3.16. The number of benzene rings is 3. The number of hydrogen-bond acceptors (Lipinski definition) is 8. The molecule has 0 fully saturated rings. The molecule has 0 unspecified atom stereocenters. The van der Waals surface area contributed by atoms with Crippen molar-refractivity contribution in [3.63, 3.8) is 0 Å². The van der Waals surface area contributed by atoms with Crippen LogP contribution in [0.5, 0.6) is 11.5 Å². The number of carbonyl (C=O) groups is 3. The van der Waals surface area contributed by atoms with Gasteiger partial charge < -0.3 is 29.3 Å². The van der Waals surface area contributed by atoms with Crippen molar-refractivity contribution in [3.05, 3.63) is 77.9 Å². The van der Waals surface area contributed by atoms with Gasteiger partial charge in [-0.15, -0.1) is 0 Å². The first kappa shape index (κ1) is 31.9. The lowest BCUT2D eigenvalue weighted by atomic mass is 10.2. The fourth-order valence-electron chi connectivity index (χ4n) is 4.14. The average molecular weight is 579 g/mol. The summed E-state index contributed by atoms with van der Waals surface area (Å²) >= 11 is 0. The van der Waals surface area contributed by atoms with Gasteiger partial charge in [0.05, 0.1) is 39.1 Å². The molecule has 42 heavy (non-hydrogen) atoms. The van der Waals surface area contributed by atoms with Crippen molar-refractivity contribution in [1.82, 2.24) is 5.06 Å². The van der Waals surface area contributed by atoms with Gasteiger partial charge in [-0.3, -0.25) is 9.69 Å². The van der Waals surface area contributed by atoms with Crippen LogP contribution in [0.2, 0.25) is 0 Å². The second-order valence-electron chi connectivity index (χ2n) is 9.32. The molecule has 0 aliphatic heterocycles. The van der Waals surface area contributed by atoms with Crippen LogP contribution in [0.3, 0.4) is 0 Å². The number of aryl methyl sites for hydroxylation is 1. The molecule has 0 aromatic heterocycles. The van der Waals surface area contributed by atoms with Gasteiger partial charge in [0.1, 0.15) is 18.1 Å². The molecular formula is C31H38N4O7. The number of para-hydroxylation sites is 1. The van der Waals surface area contributed by atoms with Gasteiger partial charge in [0.15, 0.2) is 0 Å². The summed E-state index contributed by atoms with van der Waals surface area (Å²) in [4.78, 5) is 46.1. The Morgan fingerprint density at radius 1 is 0.857 bits per heavy atom. The monoisotopic (exact) mass is 578 g/mol. The second kappa shape index (κ2) is 15.4. The van der Waals surface area contributed by atoms with Crippen molar-refractivity contribution in [3.8, 4) is 11.5 Å². The van der Waals surface area contributed by atoms with Gasteiger partial charge in [-0.2, -0.15) is 5.06 Å². The molecule has 0 aliphatic carbocycles. The number of esters is 1. The van der Waals surface area contributed by atoms with Crippen molar-refractivity contribution < 1.29 is 33.4 Å². The standard InChI is InChI=1S/C31H38N4O7/c1-22-9-7-8-10-27(22)32-31(38)35(18-17-33(3)41-6)28-16-13-25(21-29(28)39-4)34(23(2)36)19-20-42-26-14-11-24(12-15-26)30(37)40-5/h7-16,21H,17-20H2,1-6H3,(H,32,38). The van der Waals surface area contributed by atoms with Gasteiger partial charge in [-0.1, -0.05) is 18.2 Å². The molecule has 1 N–H and O–H groups in total. The summed E-state index contributed by atoms with van der Waals surface area (Å²) in [7, 11) is 6.17. The highest BCUT2D eigenvalue weighted by Gasteiger charge is 2.23. The Bertz CT molecular complexity index is 1360. The van der Waals surface area contributed by atoms with Gasteiger partial charge in [-0.25, -0.2) is 9.59 Å². The minimum absolute atomic E-state index is 0.190. The lowest BCUT2D eigenvalue weighted by molar-refractivity contribution is -0.116. The predicted octanol–water partition coefficient (Wildman–Crippen LogP) is 4.75. The van der Waals surface area contributed by atoms with Crippen molar-refractivity contribution in [2.75, 3.05) is 69.7 Å². The largest absolute Gasteiger partial charge is 0.494 e. The highest BCUT2D eigenvalue weighted by Crippen LogP contribution is 2.33. The number of amides is 3. The van der Waals surface area contributed by atoms with E-state index in [2.05, 4.69) is 5.32 Å². The van der Waals surface area contributed by atoms with Gasteiger partial charge in [0, 0.05) is 44.5 Å². The summed E-state index contributed by atoms with van der Waals surface area (Å²) in [6.45, 7) is 4.58. The number of carbonyl (C=O) groups excluding carboxylic acids is 3. The molecule has 0 saturated carbocycles. The molecule has 0 radical (unpaired) electrons. The SMILES string of the molecule is COC(=O)c1ccc(OCCN(C(C)=O)c2ccc(N(CCN(C)OC)C(=O)Nc3ccccc3C)c(OC)c2)cc1. The molecular weight excluding hydrogens is 540 g/mol. The van der Waals surface area contributed by atoms with E-state index in [1.165, 1.54) is 21.1 Å². The van der Waals surface area contributed by atoms with Crippen molar-refractivity contribution in [2.24, 2.45) is 0 Å². The summed E-state index contributed by atoms with van der Waals surface area (Å²) in [5.74, 6) is 0.345. The Hall–Kier alpha value is -4.61. The summed E-state index contributed by atoms with van der Waals surface area (Å²) in [6.07, 6.45) is 0. The van der Waals surface area contributed by atoms with Crippen LogP contribution in [-0.4, -0.2) is 77.6 Å². The molecule has 224 valence electrons. The third-order valence-corrected chi connectivity index (χ3v) is 6.59. The Kier molecular flexibility index (Phi) is 11.7. The van der Waals surface area contributed by atoms with Gasteiger partial charge in [0.25, 0.3) is 0 Å². The molecule has 0 atom stereocenters. The van der Waals surface area contributed by atoms with E-state index in [1.54, 1.807) is 71.5 Å². The topological polar surface area (TPSA) is 110 Å². The molecule has 0 heterocycles. The normalized spacial score (nSPS) is 10.6. The number of urea groups is 1. The smallest absolute Gasteiger partial charge is 0.337 e. The first-order chi connectivity index (χ1) is 20.2. The van der Waals surface area contributed by atoms with Crippen LogP contribution in [-0.2, 0) is 14.4 Å². The van der Waals surface area contributed by atoms with E-state index in [0.29, 0.717) is 47.2 Å². The van der Waals surface area contributed by atoms with E-state index in [-0.39, 0.29) is 25.1 Å². The fourth-order valence-corrected chi connectivity index (χ4v) is 4.14. The van der Waals surface area contributed by atoms with Crippen LogP contribution in [0, 0.1) is 6.92 Å². The highest BCUT2D eigenvalue weighted by atomic mass is 16.7. The maximum Gasteiger partial charge on any atom is 0.337 e. The minimum Gasteiger partial charge on any atom is -0.494 e. The van der Waals surface area contributed by atoms with E-state index >= 15 is 0 Å². The number of rotatable bonds is 13. The minimum atomic E-state index is -0.432. The van der Waals surface area contributed by atoms with Crippen molar-refractivity contribution >= 4 is 35.0 Å². The Labute approximate surface area is 246 Å². The average Bonchev–Trinajstić information content (AvgIpc) is 3.00. The molecule has 3 rings (SSSR count). The number of hydroxylamine groups is 2. The van der Waals surface area contributed by atoms with Gasteiger partial charge in [0.2, 0.25) is 5.91 Å². The molecule has 0 aliphatic rings. The van der Waals surface area contributed by atoms with Gasteiger partial charge >= 0.3 is 12.0 Å². The third kappa shape index (κ3) is 8.45. The number of nitrogens with zero attached hydrogens (tertiary/aromatic N) is 3.